The number of anilines is 1. The molecule has 1 atom stereocenters. The van der Waals surface area contributed by atoms with Crippen molar-refractivity contribution in [3.63, 3.8) is 0 Å². The van der Waals surface area contributed by atoms with Crippen molar-refractivity contribution in [3.8, 4) is 0 Å². The van der Waals surface area contributed by atoms with Crippen LogP contribution in [0.4, 0.5) is 5.82 Å². The molecule has 2 fully saturated rings. The van der Waals surface area contributed by atoms with E-state index < -0.39 is 9.84 Å². The van der Waals surface area contributed by atoms with Crippen LogP contribution >= 0.6 is 0 Å². The van der Waals surface area contributed by atoms with Gasteiger partial charge in [0.1, 0.15) is 5.82 Å². The largest absolute Gasteiger partial charge is 0.353 e. The normalized spacial score (nSPS) is 23.3. The van der Waals surface area contributed by atoms with Crippen molar-refractivity contribution in [1.82, 2.24) is 10.3 Å². The number of aromatic nitrogens is 1. The Balaban J connectivity index is 1.71. The number of nitrogens with one attached hydrogen (secondary N) is 1. The molecule has 1 aliphatic heterocycles. The monoisotopic (exact) mass is 379 g/mol. The third-order valence-electron chi connectivity index (χ3n) is 5.48. The van der Waals surface area contributed by atoms with Gasteiger partial charge in [0.15, 0.2) is 9.84 Å². The standard InChI is InChI=1S/C19H29N3O3S/c1-2-22(17-10-12-26(24,25)14-17)18-13-15(9-11-20-18)19(23)21-16-7-5-3-4-6-8-16/h9,11,13,16-17H,2-8,10,12,14H2,1H3,(H,21,23). The summed E-state index contributed by atoms with van der Waals surface area (Å²) < 4.78 is 23.6. The molecule has 144 valence electrons. The van der Waals surface area contributed by atoms with Gasteiger partial charge in [0.2, 0.25) is 0 Å². The molecule has 26 heavy (non-hydrogen) atoms. The van der Waals surface area contributed by atoms with Crippen LogP contribution in [0.3, 0.4) is 0 Å². The molecule has 1 aromatic heterocycles. The summed E-state index contributed by atoms with van der Waals surface area (Å²) in [6.07, 6.45) is 9.21. The van der Waals surface area contributed by atoms with Crippen LogP contribution < -0.4 is 10.2 Å². The van der Waals surface area contributed by atoms with Crippen molar-refractivity contribution in [3.05, 3.63) is 23.9 Å². The van der Waals surface area contributed by atoms with Crippen molar-refractivity contribution in [2.45, 2.75) is 64.0 Å². The van der Waals surface area contributed by atoms with Crippen LogP contribution in [0.15, 0.2) is 18.3 Å². The minimum absolute atomic E-state index is 0.0577. The fourth-order valence-corrected chi connectivity index (χ4v) is 5.77. The summed E-state index contributed by atoms with van der Waals surface area (Å²) in [4.78, 5) is 19.1. The Morgan fingerprint density at radius 2 is 1.96 bits per heavy atom. The van der Waals surface area contributed by atoms with Crippen LogP contribution in [0.5, 0.6) is 0 Å². The number of rotatable bonds is 5. The second-order valence-electron chi connectivity index (χ2n) is 7.41. The van der Waals surface area contributed by atoms with Gasteiger partial charge in [-0.05, 0) is 38.3 Å². The minimum Gasteiger partial charge on any atom is -0.353 e. The number of hydrogen-bond acceptors (Lipinski definition) is 5. The van der Waals surface area contributed by atoms with Crippen LogP contribution in [-0.4, -0.2) is 49.4 Å². The Kier molecular flexibility index (Phi) is 6.16. The van der Waals surface area contributed by atoms with Crippen LogP contribution in [0.2, 0.25) is 0 Å². The van der Waals surface area contributed by atoms with E-state index in [1.54, 1.807) is 18.3 Å². The summed E-state index contributed by atoms with van der Waals surface area (Å²) in [5.74, 6) is 1.02. The highest BCUT2D eigenvalue weighted by molar-refractivity contribution is 7.91. The minimum atomic E-state index is -2.96. The lowest BCUT2D eigenvalue weighted by molar-refractivity contribution is 0.0933. The van der Waals surface area contributed by atoms with E-state index in [0.717, 1.165) is 12.8 Å². The molecule has 3 rings (SSSR count). The molecule has 0 bridgehead atoms. The number of carbonyl (C=O) groups is 1. The molecule has 1 saturated carbocycles. The molecule has 1 N–H and O–H groups in total. The fraction of sp³-hybridized carbons (Fsp3) is 0.684. The summed E-state index contributed by atoms with van der Waals surface area (Å²) in [6.45, 7) is 2.66. The van der Waals surface area contributed by atoms with Gasteiger partial charge in [-0.15, -0.1) is 0 Å². The topological polar surface area (TPSA) is 79.4 Å². The van der Waals surface area contributed by atoms with Gasteiger partial charge in [-0.1, -0.05) is 25.7 Å². The molecule has 1 aromatic rings. The van der Waals surface area contributed by atoms with Gasteiger partial charge in [0.05, 0.1) is 11.5 Å². The maximum absolute atomic E-state index is 12.7. The summed E-state index contributed by atoms with van der Waals surface area (Å²) in [5, 5.41) is 3.16. The van der Waals surface area contributed by atoms with Crippen LogP contribution in [-0.2, 0) is 9.84 Å². The van der Waals surface area contributed by atoms with E-state index in [2.05, 4.69) is 10.3 Å². The van der Waals surface area contributed by atoms with Gasteiger partial charge >= 0.3 is 0 Å². The zero-order valence-corrected chi connectivity index (χ0v) is 16.3. The molecule has 1 aliphatic carbocycles. The molecule has 0 radical (unpaired) electrons. The number of amides is 1. The highest BCUT2D eigenvalue weighted by atomic mass is 32.2. The second kappa shape index (κ2) is 8.37. The first-order valence-electron chi connectivity index (χ1n) is 9.72. The van der Waals surface area contributed by atoms with Crippen molar-refractivity contribution < 1.29 is 13.2 Å². The van der Waals surface area contributed by atoms with Crippen LogP contribution in [0.1, 0.15) is 62.2 Å². The van der Waals surface area contributed by atoms with Gasteiger partial charge in [0, 0.05) is 30.4 Å². The van der Waals surface area contributed by atoms with Crippen LogP contribution in [0.25, 0.3) is 0 Å². The lowest BCUT2D eigenvalue weighted by Crippen LogP contribution is -2.37. The van der Waals surface area contributed by atoms with E-state index in [0.29, 0.717) is 24.3 Å². The molecule has 2 heterocycles. The summed E-state index contributed by atoms with van der Waals surface area (Å²) in [5.41, 5.74) is 0.596. The summed E-state index contributed by atoms with van der Waals surface area (Å²) in [7, 11) is -2.96. The molecule has 1 saturated heterocycles. The second-order valence-corrected chi connectivity index (χ2v) is 9.64. The number of carbonyl (C=O) groups excluding carboxylic acids is 1. The van der Waals surface area contributed by atoms with E-state index >= 15 is 0 Å². The zero-order valence-electron chi connectivity index (χ0n) is 15.5. The average Bonchev–Trinajstić information content (AvgIpc) is 2.82. The summed E-state index contributed by atoms with van der Waals surface area (Å²) in [6, 6.07) is 3.72. The molecular formula is C19H29N3O3S. The van der Waals surface area contributed by atoms with Crippen molar-refractivity contribution >= 4 is 21.6 Å². The lowest BCUT2D eigenvalue weighted by Gasteiger charge is -2.28. The fourth-order valence-electron chi connectivity index (χ4n) is 4.04. The van der Waals surface area contributed by atoms with E-state index in [1.165, 1.54) is 25.7 Å². The maximum atomic E-state index is 12.7. The summed E-state index contributed by atoms with van der Waals surface area (Å²) >= 11 is 0. The van der Waals surface area contributed by atoms with E-state index in [1.807, 2.05) is 11.8 Å². The molecule has 0 aromatic carbocycles. The molecule has 2 aliphatic rings. The molecule has 7 heteroatoms. The van der Waals surface area contributed by atoms with Crippen molar-refractivity contribution in [1.29, 1.82) is 0 Å². The van der Waals surface area contributed by atoms with E-state index in [9.17, 15) is 13.2 Å². The number of pyridine rings is 1. The van der Waals surface area contributed by atoms with Gasteiger partial charge < -0.3 is 10.2 Å². The highest BCUT2D eigenvalue weighted by Crippen LogP contribution is 2.24. The van der Waals surface area contributed by atoms with E-state index in [-0.39, 0.29) is 29.5 Å². The predicted molar refractivity (Wildman–Crippen MR) is 103 cm³/mol. The first kappa shape index (κ1) is 19.1. The zero-order chi connectivity index (χ0) is 18.6. The Morgan fingerprint density at radius 1 is 1.23 bits per heavy atom. The Morgan fingerprint density at radius 3 is 2.58 bits per heavy atom. The third-order valence-corrected chi connectivity index (χ3v) is 7.23. The SMILES string of the molecule is CCN(c1cc(C(=O)NC2CCCCCC2)ccn1)C1CCS(=O)(=O)C1. The van der Waals surface area contributed by atoms with Gasteiger partial charge in [-0.2, -0.15) is 0 Å². The Bertz CT molecular complexity index is 727. The van der Waals surface area contributed by atoms with Crippen LogP contribution in [0, 0.1) is 0 Å². The Hall–Kier alpha value is -1.63. The molecule has 0 spiro atoms. The predicted octanol–water partition coefficient (Wildman–Crippen LogP) is 2.55. The van der Waals surface area contributed by atoms with Crippen molar-refractivity contribution in [2.24, 2.45) is 0 Å². The molecule has 1 unspecified atom stereocenters. The average molecular weight is 380 g/mol. The Labute approximate surface area is 156 Å². The number of hydrogen-bond donors (Lipinski definition) is 1. The highest BCUT2D eigenvalue weighted by Gasteiger charge is 2.32. The first-order valence-corrected chi connectivity index (χ1v) is 11.5. The lowest BCUT2D eigenvalue weighted by atomic mass is 10.1. The maximum Gasteiger partial charge on any atom is 0.251 e. The quantitative estimate of drug-likeness (QED) is 0.796. The van der Waals surface area contributed by atoms with Gasteiger partial charge in [-0.25, -0.2) is 13.4 Å². The van der Waals surface area contributed by atoms with Gasteiger partial charge in [0.25, 0.3) is 5.91 Å². The molecule has 1 amide bonds. The van der Waals surface area contributed by atoms with Crippen molar-refractivity contribution in [2.75, 3.05) is 23.0 Å². The number of sulfone groups is 1. The molecule has 6 nitrogen and oxygen atoms in total. The number of nitrogens with zero attached hydrogens (tertiary/aromatic N) is 2. The third kappa shape index (κ3) is 4.75. The van der Waals surface area contributed by atoms with E-state index in [4.69, 9.17) is 0 Å². The smallest absolute Gasteiger partial charge is 0.251 e. The molecular weight excluding hydrogens is 350 g/mol. The first-order chi connectivity index (χ1) is 12.5. The van der Waals surface area contributed by atoms with Gasteiger partial charge in [-0.3, -0.25) is 4.79 Å².